The summed E-state index contributed by atoms with van der Waals surface area (Å²) in [5.41, 5.74) is 1.62. The number of fused-ring (bicyclic) bond motifs is 1. The van der Waals surface area contributed by atoms with Crippen molar-refractivity contribution >= 4 is 32.8 Å². The van der Waals surface area contributed by atoms with Gasteiger partial charge in [-0.2, -0.15) is 0 Å². The first-order valence-electron chi connectivity index (χ1n) is 14.7. The highest BCUT2D eigenvalue weighted by Crippen LogP contribution is 2.27. The number of carbonyl (C=O) groups is 1. The lowest BCUT2D eigenvalue weighted by Gasteiger charge is -2.38. The van der Waals surface area contributed by atoms with Crippen LogP contribution in [0.15, 0.2) is 71.7 Å². The molecule has 1 aliphatic heterocycles. The fraction of sp³-hybridized carbons (Fsp3) is 0.344. The molecular weight excluding hydrogens is 599 g/mol. The molecule has 0 radical (unpaired) electrons. The van der Waals surface area contributed by atoms with Crippen LogP contribution in [0.5, 0.6) is 5.75 Å². The van der Waals surface area contributed by atoms with Gasteiger partial charge in [-0.1, -0.05) is 42.5 Å². The van der Waals surface area contributed by atoms with Gasteiger partial charge in [0.1, 0.15) is 18.3 Å². The van der Waals surface area contributed by atoms with Gasteiger partial charge in [-0.3, -0.25) is 18.9 Å². The number of rotatable bonds is 11. The molecule has 2 aromatic heterocycles. The molecule has 4 aromatic rings. The molecule has 0 atom stereocenters. The smallest absolute Gasteiger partial charge is 0.301 e. The van der Waals surface area contributed by atoms with Crippen LogP contribution in [0.1, 0.15) is 35.5 Å². The van der Waals surface area contributed by atoms with Crippen molar-refractivity contribution in [2.75, 3.05) is 48.5 Å². The first-order valence-corrected chi connectivity index (χ1v) is 16.7. The third-order valence-electron chi connectivity index (χ3n) is 7.61. The van der Waals surface area contributed by atoms with E-state index >= 15 is 0 Å². The van der Waals surface area contributed by atoms with E-state index in [9.17, 15) is 22.4 Å². The van der Waals surface area contributed by atoms with Crippen LogP contribution in [0.2, 0.25) is 0 Å². The van der Waals surface area contributed by atoms with Crippen molar-refractivity contribution in [3.8, 4) is 5.75 Å². The summed E-state index contributed by atoms with van der Waals surface area (Å²) in [4.78, 5) is 36.7. The second kappa shape index (κ2) is 13.7. The molecule has 0 aliphatic carbocycles. The lowest BCUT2D eigenvalue weighted by molar-refractivity contribution is 0.0940. The summed E-state index contributed by atoms with van der Waals surface area (Å²) in [5, 5.41) is 5.65. The normalized spacial score (nSPS) is 14.1. The lowest BCUT2D eigenvalue weighted by Crippen LogP contribution is -2.49. The van der Waals surface area contributed by atoms with Gasteiger partial charge in [0.2, 0.25) is 5.75 Å². The second-order valence-electron chi connectivity index (χ2n) is 11.3. The molecule has 3 heterocycles. The number of sulfone groups is 1. The molecule has 1 saturated heterocycles. The van der Waals surface area contributed by atoms with Crippen molar-refractivity contribution in [2.45, 2.75) is 33.0 Å². The van der Waals surface area contributed by atoms with Gasteiger partial charge in [-0.25, -0.2) is 17.8 Å². The number of amides is 1. The minimum absolute atomic E-state index is 0.0120. The number of nitrogens with zero attached hydrogens (tertiary/aromatic N) is 4. The van der Waals surface area contributed by atoms with Crippen molar-refractivity contribution in [3.63, 3.8) is 0 Å². The minimum atomic E-state index is -3.45. The van der Waals surface area contributed by atoms with E-state index in [1.165, 1.54) is 16.5 Å². The Morgan fingerprint density at radius 3 is 2.36 bits per heavy atom. The molecule has 1 aliphatic rings. The van der Waals surface area contributed by atoms with Gasteiger partial charge in [0, 0.05) is 51.2 Å². The maximum Gasteiger partial charge on any atom is 0.301 e. The van der Waals surface area contributed by atoms with Crippen molar-refractivity contribution < 1.29 is 22.3 Å². The highest BCUT2D eigenvalue weighted by Gasteiger charge is 2.25. The summed E-state index contributed by atoms with van der Waals surface area (Å²) in [6.45, 7) is 7.43. The largest absolute Gasteiger partial charge is 0.481 e. The second-order valence-corrected chi connectivity index (χ2v) is 13.5. The van der Waals surface area contributed by atoms with Crippen molar-refractivity contribution in [3.05, 3.63) is 99.9 Å². The Morgan fingerprint density at radius 1 is 1.02 bits per heavy atom. The molecule has 13 heteroatoms. The standard InChI is InChI=1S/C32H37FN6O5S/c1-22(2)37-13-15-38(16-14-37)26-17-27(35-21-45(3,42)43)30-36-28(31(40)34-18-23-9-11-25(33)12-10-23)29(32(41)39(30)19-26)44-20-24-7-5-4-6-8-24/h4-12,17,19,22,35H,13-16,18,20-21H2,1-3H3,(H,34,40). The number of aromatic nitrogens is 2. The number of carbonyl (C=O) groups excluding carboxylic acids is 1. The van der Waals surface area contributed by atoms with Crippen molar-refractivity contribution in [1.82, 2.24) is 19.6 Å². The van der Waals surface area contributed by atoms with E-state index in [0.29, 0.717) is 30.4 Å². The molecular formula is C32H37FN6O5S. The van der Waals surface area contributed by atoms with Gasteiger partial charge in [0.05, 0.1) is 11.4 Å². The molecule has 2 N–H and O–H groups in total. The topological polar surface area (TPSA) is 125 Å². The highest BCUT2D eigenvalue weighted by atomic mass is 32.2. The van der Waals surface area contributed by atoms with Crippen molar-refractivity contribution in [1.29, 1.82) is 0 Å². The quantitative estimate of drug-likeness (QED) is 0.255. The van der Waals surface area contributed by atoms with E-state index in [0.717, 1.165) is 24.9 Å². The zero-order valence-corrected chi connectivity index (χ0v) is 26.3. The van der Waals surface area contributed by atoms with Gasteiger partial charge in [0.25, 0.3) is 5.91 Å². The van der Waals surface area contributed by atoms with Crippen LogP contribution in [0.25, 0.3) is 5.65 Å². The Balaban J connectivity index is 1.58. The number of ether oxygens (including phenoxy) is 1. The third-order valence-corrected chi connectivity index (χ3v) is 8.28. The maximum atomic E-state index is 14.1. The predicted octanol–water partition coefficient (Wildman–Crippen LogP) is 3.29. The Bertz CT molecular complexity index is 1820. The number of benzene rings is 2. The van der Waals surface area contributed by atoms with E-state index in [1.807, 2.05) is 30.3 Å². The minimum Gasteiger partial charge on any atom is -0.481 e. The number of nitrogens with one attached hydrogen (secondary N) is 2. The molecule has 1 amide bonds. The summed E-state index contributed by atoms with van der Waals surface area (Å²) in [5.74, 6) is -1.73. The van der Waals surface area contributed by atoms with Crippen LogP contribution in [0, 0.1) is 5.82 Å². The van der Waals surface area contributed by atoms with E-state index < -0.39 is 33.0 Å². The molecule has 1 fully saturated rings. The van der Waals surface area contributed by atoms with E-state index in [1.54, 1.807) is 24.4 Å². The van der Waals surface area contributed by atoms with Crippen LogP contribution in [0.3, 0.4) is 0 Å². The number of hydrogen-bond acceptors (Lipinski definition) is 9. The average Bonchev–Trinajstić information content (AvgIpc) is 3.03. The van der Waals surface area contributed by atoms with Crippen LogP contribution in [-0.2, 0) is 23.0 Å². The molecule has 0 saturated carbocycles. The molecule has 5 rings (SSSR count). The molecule has 2 aromatic carbocycles. The molecule has 238 valence electrons. The molecule has 45 heavy (non-hydrogen) atoms. The predicted molar refractivity (Wildman–Crippen MR) is 172 cm³/mol. The Morgan fingerprint density at radius 2 is 1.71 bits per heavy atom. The molecule has 11 nitrogen and oxygen atoms in total. The van der Waals surface area contributed by atoms with Crippen molar-refractivity contribution in [2.24, 2.45) is 0 Å². The number of pyridine rings is 1. The summed E-state index contributed by atoms with van der Waals surface area (Å²) >= 11 is 0. The third kappa shape index (κ3) is 7.97. The molecule has 0 bridgehead atoms. The Kier molecular flexibility index (Phi) is 9.68. The zero-order chi connectivity index (χ0) is 32.1. The van der Waals surface area contributed by atoms with Gasteiger partial charge in [-0.05, 0) is 43.2 Å². The summed E-state index contributed by atoms with van der Waals surface area (Å²) in [6.07, 6.45) is 2.75. The van der Waals surface area contributed by atoms with E-state index in [4.69, 9.17) is 4.74 Å². The number of piperazine rings is 1. The van der Waals surface area contributed by atoms with E-state index in [-0.39, 0.29) is 35.9 Å². The average molecular weight is 637 g/mol. The first kappa shape index (κ1) is 31.9. The molecule has 0 unspecified atom stereocenters. The SMILES string of the molecule is CC(C)N1CCN(c2cc(NCS(C)(=O)=O)c3nc(C(=O)NCc4ccc(F)cc4)c(OCc4ccccc4)c(=O)n3c2)CC1. The van der Waals surface area contributed by atoms with Crippen LogP contribution in [0.4, 0.5) is 15.8 Å². The summed E-state index contributed by atoms with van der Waals surface area (Å²) in [6, 6.07) is 17.0. The van der Waals surface area contributed by atoms with Gasteiger partial charge in [-0.15, -0.1) is 0 Å². The molecule has 0 spiro atoms. The van der Waals surface area contributed by atoms with Gasteiger partial charge < -0.3 is 20.3 Å². The highest BCUT2D eigenvalue weighted by molar-refractivity contribution is 7.90. The summed E-state index contributed by atoms with van der Waals surface area (Å²) in [7, 11) is -3.45. The van der Waals surface area contributed by atoms with E-state index in [2.05, 4.69) is 39.3 Å². The van der Waals surface area contributed by atoms with Gasteiger partial charge >= 0.3 is 5.56 Å². The Labute approximate surface area is 261 Å². The Hall–Kier alpha value is -4.49. The van der Waals surface area contributed by atoms with Crippen LogP contribution in [-0.4, -0.2) is 73.0 Å². The van der Waals surface area contributed by atoms with Gasteiger partial charge in [0.15, 0.2) is 21.2 Å². The first-order chi connectivity index (χ1) is 21.5. The van der Waals surface area contributed by atoms with Crippen LogP contribution >= 0.6 is 0 Å². The fourth-order valence-electron chi connectivity index (χ4n) is 5.10. The number of anilines is 2. The zero-order valence-electron chi connectivity index (χ0n) is 25.5. The van der Waals surface area contributed by atoms with Crippen LogP contribution < -0.4 is 25.8 Å². The maximum absolute atomic E-state index is 14.1. The lowest BCUT2D eigenvalue weighted by atomic mass is 10.2. The number of hydrogen-bond donors (Lipinski definition) is 2. The number of halogens is 1. The summed E-state index contributed by atoms with van der Waals surface area (Å²) < 4.78 is 44.9. The fourth-order valence-corrected chi connectivity index (χ4v) is 5.52. The monoisotopic (exact) mass is 636 g/mol.